The minimum atomic E-state index is -1.50. The second-order valence-electron chi connectivity index (χ2n) is 7.39. The van der Waals surface area contributed by atoms with Gasteiger partial charge in [-0.15, -0.1) is 0 Å². The van der Waals surface area contributed by atoms with Crippen molar-refractivity contribution in [3.05, 3.63) is 46.7 Å². The maximum Gasteiger partial charge on any atom is 0.341 e. The van der Waals surface area contributed by atoms with Gasteiger partial charge in [0, 0.05) is 25.2 Å². The van der Waals surface area contributed by atoms with Crippen LogP contribution in [0.25, 0.3) is 0 Å². The Labute approximate surface area is 161 Å². The number of rotatable bonds is 7. The van der Waals surface area contributed by atoms with Gasteiger partial charge >= 0.3 is 5.97 Å². The second kappa shape index (κ2) is 8.08. The van der Waals surface area contributed by atoms with E-state index in [0.717, 1.165) is 31.2 Å². The molecule has 3 N–H and O–H groups in total. The molecule has 0 spiro atoms. The molecule has 0 aromatic heterocycles. The van der Waals surface area contributed by atoms with Gasteiger partial charge in [-0.2, -0.15) is 0 Å². The molecule has 2 unspecified atom stereocenters. The molecular formula is C20H22F2N2O4. The molecule has 1 amide bonds. The first-order chi connectivity index (χ1) is 13.3. The van der Waals surface area contributed by atoms with Crippen LogP contribution in [0.2, 0.25) is 0 Å². The number of carbonyl (C=O) groups is 3. The number of Topliss-reactive ketones (excluding diaryl/α,β-unsaturated/α-hetero) is 1. The minimum Gasteiger partial charge on any atom is -0.477 e. The SMILES string of the molecule is CC(=O)NC1CCC(c2cc(F)c(C(=O)/C(=C\NC3CC3)C(=O)O)cc2F)C1. The first kappa shape index (κ1) is 20.0. The van der Waals surface area contributed by atoms with Crippen molar-refractivity contribution in [2.45, 2.75) is 57.0 Å². The van der Waals surface area contributed by atoms with Crippen LogP contribution in [-0.2, 0) is 9.59 Å². The zero-order valence-electron chi connectivity index (χ0n) is 15.4. The maximum absolute atomic E-state index is 14.6. The summed E-state index contributed by atoms with van der Waals surface area (Å²) in [5.41, 5.74) is -1.10. The third kappa shape index (κ3) is 4.55. The summed E-state index contributed by atoms with van der Waals surface area (Å²) >= 11 is 0. The van der Waals surface area contributed by atoms with Gasteiger partial charge < -0.3 is 15.7 Å². The van der Waals surface area contributed by atoms with Crippen LogP contribution in [0.4, 0.5) is 8.78 Å². The fourth-order valence-corrected chi connectivity index (χ4v) is 3.55. The van der Waals surface area contributed by atoms with Crippen molar-refractivity contribution in [2.24, 2.45) is 0 Å². The van der Waals surface area contributed by atoms with Crippen LogP contribution in [0, 0.1) is 11.6 Å². The number of amides is 1. The number of hydrogen-bond acceptors (Lipinski definition) is 4. The Morgan fingerprint density at radius 1 is 1.07 bits per heavy atom. The van der Waals surface area contributed by atoms with Crippen LogP contribution in [0.15, 0.2) is 23.9 Å². The van der Waals surface area contributed by atoms with E-state index < -0.39 is 34.5 Å². The zero-order valence-corrected chi connectivity index (χ0v) is 15.4. The summed E-state index contributed by atoms with van der Waals surface area (Å²) in [5.74, 6) is -4.74. The van der Waals surface area contributed by atoms with Crippen molar-refractivity contribution < 1.29 is 28.3 Å². The molecule has 8 heteroatoms. The summed E-state index contributed by atoms with van der Waals surface area (Å²) in [4.78, 5) is 35.0. The van der Waals surface area contributed by atoms with Gasteiger partial charge in [-0.05, 0) is 55.7 Å². The Hall–Kier alpha value is -2.77. The lowest BCUT2D eigenvalue weighted by molar-refractivity contribution is -0.132. The summed E-state index contributed by atoms with van der Waals surface area (Å²) in [6.45, 7) is 1.40. The lowest BCUT2D eigenvalue weighted by Crippen LogP contribution is -2.30. The van der Waals surface area contributed by atoms with E-state index in [2.05, 4.69) is 10.6 Å². The van der Waals surface area contributed by atoms with E-state index >= 15 is 0 Å². The van der Waals surface area contributed by atoms with Crippen LogP contribution in [0.1, 0.15) is 60.9 Å². The van der Waals surface area contributed by atoms with Crippen molar-refractivity contribution in [3.63, 3.8) is 0 Å². The van der Waals surface area contributed by atoms with Gasteiger partial charge in [0.05, 0.1) is 5.56 Å². The van der Waals surface area contributed by atoms with E-state index in [1.165, 1.54) is 6.92 Å². The molecule has 2 aliphatic rings. The standard InChI is InChI=1S/C20H22F2N2O4/c1-10(25)24-13-3-2-11(6-13)14-7-18(22)15(8-17(14)21)19(26)16(20(27)28)9-23-12-4-5-12/h7-9,11-13,23H,2-6H2,1H3,(H,24,25)(H,27,28)/b16-9+. The first-order valence-corrected chi connectivity index (χ1v) is 9.26. The summed E-state index contributed by atoms with van der Waals surface area (Å²) < 4.78 is 29.2. The Balaban J connectivity index is 1.81. The third-order valence-corrected chi connectivity index (χ3v) is 5.13. The quantitative estimate of drug-likeness (QED) is 0.287. The van der Waals surface area contributed by atoms with E-state index in [0.29, 0.717) is 19.3 Å². The average Bonchev–Trinajstić information content (AvgIpc) is 3.33. The molecule has 0 bridgehead atoms. The Kier molecular flexibility index (Phi) is 5.76. The van der Waals surface area contributed by atoms with Gasteiger partial charge in [0.25, 0.3) is 0 Å². The molecule has 0 heterocycles. The molecule has 6 nitrogen and oxygen atoms in total. The third-order valence-electron chi connectivity index (χ3n) is 5.13. The highest BCUT2D eigenvalue weighted by Crippen LogP contribution is 2.36. The molecule has 0 saturated heterocycles. The van der Waals surface area contributed by atoms with Gasteiger partial charge in [0.1, 0.15) is 17.2 Å². The highest BCUT2D eigenvalue weighted by Gasteiger charge is 2.31. The molecule has 2 fully saturated rings. The van der Waals surface area contributed by atoms with E-state index in [4.69, 9.17) is 0 Å². The number of ketones is 1. The highest BCUT2D eigenvalue weighted by molar-refractivity contribution is 6.23. The van der Waals surface area contributed by atoms with Crippen molar-refractivity contribution >= 4 is 17.7 Å². The summed E-state index contributed by atoms with van der Waals surface area (Å²) in [7, 11) is 0. The molecule has 3 rings (SSSR count). The number of hydrogen-bond donors (Lipinski definition) is 3. The predicted octanol–water partition coefficient (Wildman–Crippen LogP) is 2.64. The normalized spacial score (nSPS) is 22.0. The van der Waals surface area contributed by atoms with E-state index in [1.54, 1.807) is 0 Å². The van der Waals surface area contributed by atoms with Gasteiger partial charge in [-0.25, -0.2) is 13.6 Å². The molecule has 2 saturated carbocycles. The molecular weight excluding hydrogens is 370 g/mol. The largest absolute Gasteiger partial charge is 0.477 e. The molecule has 0 aliphatic heterocycles. The summed E-state index contributed by atoms with van der Waals surface area (Å²) in [5, 5.41) is 14.8. The zero-order chi connectivity index (χ0) is 20.4. The van der Waals surface area contributed by atoms with Crippen LogP contribution in [0.5, 0.6) is 0 Å². The highest BCUT2D eigenvalue weighted by atomic mass is 19.1. The van der Waals surface area contributed by atoms with E-state index in [9.17, 15) is 28.3 Å². The molecule has 150 valence electrons. The van der Waals surface area contributed by atoms with Crippen molar-refractivity contribution in [3.8, 4) is 0 Å². The summed E-state index contributed by atoms with van der Waals surface area (Å²) in [6.07, 6.45) is 4.52. The topological polar surface area (TPSA) is 95.5 Å². The van der Waals surface area contributed by atoms with Crippen molar-refractivity contribution in [1.82, 2.24) is 10.6 Å². The molecule has 1 aromatic carbocycles. The molecule has 0 radical (unpaired) electrons. The number of carboxylic acids is 1. The molecule has 2 atom stereocenters. The van der Waals surface area contributed by atoms with Gasteiger partial charge in [0.2, 0.25) is 11.7 Å². The number of aliphatic carboxylic acids is 1. The second-order valence-corrected chi connectivity index (χ2v) is 7.39. The minimum absolute atomic E-state index is 0.0960. The lowest BCUT2D eigenvalue weighted by atomic mass is 9.93. The summed E-state index contributed by atoms with van der Waals surface area (Å²) in [6, 6.07) is 1.76. The smallest absolute Gasteiger partial charge is 0.341 e. The Morgan fingerprint density at radius 3 is 2.36 bits per heavy atom. The van der Waals surface area contributed by atoms with Crippen LogP contribution in [-0.4, -0.2) is 34.8 Å². The molecule has 28 heavy (non-hydrogen) atoms. The fraction of sp³-hybridized carbons (Fsp3) is 0.450. The van der Waals surface area contributed by atoms with Crippen LogP contribution < -0.4 is 10.6 Å². The van der Waals surface area contributed by atoms with E-state index in [1.807, 2.05) is 0 Å². The fourth-order valence-electron chi connectivity index (χ4n) is 3.55. The first-order valence-electron chi connectivity index (χ1n) is 9.26. The van der Waals surface area contributed by atoms with Crippen molar-refractivity contribution in [2.75, 3.05) is 0 Å². The maximum atomic E-state index is 14.6. The van der Waals surface area contributed by atoms with Gasteiger partial charge in [-0.3, -0.25) is 9.59 Å². The number of carboxylic acid groups (broad SMARTS) is 1. The number of carbonyl (C=O) groups excluding carboxylic acids is 2. The average molecular weight is 392 g/mol. The number of nitrogens with one attached hydrogen (secondary N) is 2. The number of benzene rings is 1. The van der Waals surface area contributed by atoms with Crippen LogP contribution in [0.3, 0.4) is 0 Å². The predicted molar refractivity (Wildman–Crippen MR) is 96.8 cm³/mol. The van der Waals surface area contributed by atoms with E-state index in [-0.39, 0.29) is 29.5 Å². The Morgan fingerprint density at radius 2 is 1.75 bits per heavy atom. The van der Waals surface area contributed by atoms with Crippen LogP contribution >= 0.6 is 0 Å². The number of halogens is 2. The van der Waals surface area contributed by atoms with Crippen molar-refractivity contribution in [1.29, 1.82) is 0 Å². The molecule has 2 aliphatic carbocycles. The van der Waals surface area contributed by atoms with Gasteiger partial charge in [0.15, 0.2) is 0 Å². The molecule has 1 aromatic rings. The Bertz CT molecular complexity index is 849. The van der Waals surface area contributed by atoms with Gasteiger partial charge in [-0.1, -0.05) is 0 Å². The monoisotopic (exact) mass is 392 g/mol. The lowest BCUT2D eigenvalue weighted by Gasteiger charge is -2.15.